The summed E-state index contributed by atoms with van der Waals surface area (Å²) in [5.74, 6) is 0.0472. The van der Waals surface area contributed by atoms with Crippen molar-refractivity contribution in [3.8, 4) is 0 Å². The predicted molar refractivity (Wildman–Crippen MR) is 87.3 cm³/mol. The molecule has 1 saturated carbocycles. The lowest BCUT2D eigenvalue weighted by Gasteiger charge is -2.36. The van der Waals surface area contributed by atoms with E-state index in [4.69, 9.17) is 27.4 Å². The molecular formula is C15H28N2O3S. The van der Waals surface area contributed by atoms with E-state index in [1.807, 2.05) is 0 Å². The second-order valence-electron chi connectivity index (χ2n) is 5.64. The molecular weight excluding hydrogens is 288 g/mol. The van der Waals surface area contributed by atoms with Crippen molar-refractivity contribution < 1.29 is 14.3 Å². The summed E-state index contributed by atoms with van der Waals surface area (Å²) >= 11 is 5.28. The van der Waals surface area contributed by atoms with Gasteiger partial charge in [0, 0.05) is 27.3 Å². The van der Waals surface area contributed by atoms with E-state index >= 15 is 0 Å². The third kappa shape index (κ3) is 4.90. The second-order valence-corrected chi connectivity index (χ2v) is 6.08. The van der Waals surface area contributed by atoms with Crippen molar-refractivity contribution in [2.24, 2.45) is 11.1 Å². The van der Waals surface area contributed by atoms with Gasteiger partial charge in [-0.3, -0.25) is 4.79 Å². The van der Waals surface area contributed by atoms with Gasteiger partial charge in [0.05, 0.1) is 23.6 Å². The van der Waals surface area contributed by atoms with Gasteiger partial charge in [-0.2, -0.15) is 0 Å². The maximum atomic E-state index is 13.1. The number of carbonyl (C=O) groups is 1. The third-order valence-electron chi connectivity index (χ3n) is 4.26. The monoisotopic (exact) mass is 316 g/mol. The molecule has 0 aromatic heterocycles. The normalized spacial score (nSPS) is 18.0. The van der Waals surface area contributed by atoms with Crippen LogP contribution in [0.3, 0.4) is 0 Å². The van der Waals surface area contributed by atoms with Crippen LogP contribution in [-0.4, -0.2) is 56.3 Å². The van der Waals surface area contributed by atoms with Gasteiger partial charge in [-0.25, -0.2) is 0 Å². The molecule has 1 aliphatic rings. The number of methoxy groups -OCH3 is 2. The van der Waals surface area contributed by atoms with Crippen LogP contribution in [0.15, 0.2) is 0 Å². The first-order valence-corrected chi connectivity index (χ1v) is 8.06. The minimum absolute atomic E-state index is 0.0472. The molecule has 1 aliphatic carbocycles. The summed E-state index contributed by atoms with van der Waals surface area (Å²) in [4.78, 5) is 15.2. The van der Waals surface area contributed by atoms with Crippen molar-refractivity contribution >= 4 is 23.1 Å². The Balaban J connectivity index is 2.90. The molecule has 5 nitrogen and oxygen atoms in total. The molecule has 6 heteroatoms. The number of amides is 1. The zero-order valence-electron chi connectivity index (χ0n) is 13.2. The summed E-state index contributed by atoms with van der Waals surface area (Å²) in [6, 6.07) is 0. The van der Waals surface area contributed by atoms with E-state index in [-0.39, 0.29) is 5.91 Å². The first-order chi connectivity index (χ1) is 10.1. The van der Waals surface area contributed by atoms with Gasteiger partial charge in [-0.05, 0) is 12.8 Å². The number of hydrogen-bond donors (Lipinski definition) is 1. The van der Waals surface area contributed by atoms with Crippen molar-refractivity contribution in [2.75, 3.05) is 40.5 Å². The smallest absolute Gasteiger partial charge is 0.235 e. The number of hydrogen-bond acceptors (Lipinski definition) is 4. The number of ether oxygens (including phenoxy) is 2. The predicted octanol–water partition coefficient (Wildman–Crippen LogP) is 1.73. The number of nitrogens with zero attached hydrogens (tertiary/aromatic N) is 1. The Morgan fingerprint density at radius 1 is 1.10 bits per heavy atom. The molecule has 0 radical (unpaired) electrons. The fourth-order valence-corrected chi connectivity index (χ4v) is 3.21. The highest BCUT2D eigenvalue weighted by atomic mass is 32.1. The standard InChI is InChI=1S/C15H28N2O3S/c1-19-11-9-17(10-12-20-2)14(18)15(13(16)21)7-5-3-4-6-8-15/h3-12H2,1-2H3,(H2,16,21). The van der Waals surface area contributed by atoms with Crippen LogP contribution in [0.5, 0.6) is 0 Å². The van der Waals surface area contributed by atoms with Gasteiger partial charge >= 0.3 is 0 Å². The van der Waals surface area contributed by atoms with Gasteiger partial charge in [0.25, 0.3) is 0 Å². The molecule has 1 fully saturated rings. The van der Waals surface area contributed by atoms with Gasteiger partial charge in [-0.1, -0.05) is 37.9 Å². The van der Waals surface area contributed by atoms with Crippen molar-refractivity contribution in [1.29, 1.82) is 0 Å². The van der Waals surface area contributed by atoms with Crippen LogP contribution in [0.2, 0.25) is 0 Å². The molecule has 0 saturated heterocycles. The van der Waals surface area contributed by atoms with E-state index in [1.165, 1.54) is 0 Å². The lowest BCUT2D eigenvalue weighted by molar-refractivity contribution is -0.140. The Labute approximate surface area is 133 Å². The van der Waals surface area contributed by atoms with E-state index in [9.17, 15) is 4.79 Å². The zero-order valence-corrected chi connectivity index (χ0v) is 14.0. The Morgan fingerprint density at radius 3 is 1.95 bits per heavy atom. The minimum Gasteiger partial charge on any atom is -0.392 e. The molecule has 1 amide bonds. The molecule has 0 spiro atoms. The highest BCUT2D eigenvalue weighted by molar-refractivity contribution is 7.80. The molecule has 0 aliphatic heterocycles. The largest absolute Gasteiger partial charge is 0.392 e. The van der Waals surface area contributed by atoms with Gasteiger partial charge in [0.1, 0.15) is 0 Å². The highest BCUT2D eigenvalue weighted by Gasteiger charge is 2.43. The summed E-state index contributed by atoms with van der Waals surface area (Å²) < 4.78 is 10.2. The molecule has 0 aromatic carbocycles. The maximum Gasteiger partial charge on any atom is 0.235 e. The summed E-state index contributed by atoms with van der Waals surface area (Å²) in [5, 5.41) is 0. The van der Waals surface area contributed by atoms with Crippen LogP contribution in [0.1, 0.15) is 38.5 Å². The van der Waals surface area contributed by atoms with E-state index in [2.05, 4.69) is 0 Å². The SMILES string of the molecule is COCCN(CCOC)C(=O)C1(C(N)=S)CCCCCC1. The van der Waals surface area contributed by atoms with Crippen LogP contribution >= 0.6 is 12.2 Å². The Morgan fingerprint density at radius 2 is 1.57 bits per heavy atom. The van der Waals surface area contributed by atoms with Crippen LogP contribution in [0, 0.1) is 5.41 Å². The summed E-state index contributed by atoms with van der Waals surface area (Å²) in [6.07, 6.45) is 5.83. The van der Waals surface area contributed by atoms with Crippen molar-refractivity contribution in [3.05, 3.63) is 0 Å². The third-order valence-corrected chi connectivity index (χ3v) is 4.65. The zero-order chi connectivity index (χ0) is 15.7. The van der Waals surface area contributed by atoms with E-state index in [1.54, 1.807) is 19.1 Å². The fourth-order valence-electron chi connectivity index (χ4n) is 2.92. The van der Waals surface area contributed by atoms with Crippen LogP contribution in [0.4, 0.5) is 0 Å². The van der Waals surface area contributed by atoms with Gasteiger partial charge in [0.2, 0.25) is 5.91 Å². The molecule has 1 rings (SSSR count). The first kappa shape index (κ1) is 18.3. The average molecular weight is 316 g/mol. The molecule has 21 heavy (non-hydrogen) atoms. The molecule has 0 aromatic rings. The maximum absolute atomic E-state index is 13.1. The van der Waals surface area contributed by atoms with Crippen molar-refractivity contribution in [3.63, 3.8) is 0 Å². The number of carbonyl (C=O) groups excluding carboxylic acids is 1. The Bertz CT molecular complexity index is 334. The van der Waals surface area contributed by atoms with Gasteiger partial charge < -0.3 is 20.1 Å². The van der Waals surface area contributed by atoms with E-state index < -0.39 is 5.41 Å². The number of nitrogens with two attached hydrogens (primary N) is 1. The fraction of sp³-hybridized carbons (Fsp3) is 0.867. The molecule has 122 valence electrons. The Kier molecular flexibility index (Phi) is 8.14. The van der Waals surface area contributed by atoms with Gasteiger partial charge in [0.15, 0.2) is 0 Å². The topological polar surface area (TPSA) is 64.8 Å². The number of thiocarbonyl (C=S) groups is 1. The summed E-state index contributed by atoms with van der Waals surface area (Å²) in [5.41, 5.74) is 5.32. The van der Waals surface area contributed by atoms with Crippen LogP contribution in [0.25, 0.3) is 0 Å². The highest BCUT2D eigenvalue weighted by Crippen LogP contribution is 2.37. The van der Waals surface area contributed by atoms with Crippen LogP contribution < -0.4 is 5.73 Å². The molecule has 0 heterocycles. The molecule has 0 bridgehead atoms. The summed E-state index contributed by atoms with van der Waals surface area (Å²) in [6.45, 7) is 2.10. The average Bonchev–Trinajstić information content (AvgIpc) is 2.73. The molecule has 2 N–H and O–H groups in total. The van der Waals surface area contributed by atoms with Crippen molar-refractivity contribution in [1.82, 2.24) is 4.90 Å². The minimum atomic E-state index is -0.673. The van der Waals surface area contributed by atoms with E-state index in [0.29, 0.717) is 31.3 Å². The lowest BCUT2D eigenvalue weighted by Crippen LogP contribution is -2.52. The molecule has 0 atom stereocenters. The second kappa shape index (κ2) is 9.33. The molecule has 0 unspecified atom stereocenters. The van der Waals surface area contributed by atoms with Crippen LogP contribution in [-0.2, 0) is 14.3 Å². The number of rotatable bonds is 8. The Hall–Kier alpha value is -0.720. The van der Waals surface area contributed by atoms with Gasteiger partial charge in [-0.15, -0.1) is 0 Å². The van der Waals surface area contributed by atoms with E-state index in [0.717, 1.165) is 38.5 Å². The van der Waals surface area contributed by atoms with Crippen molar-refractivity contribution in [2.45, 2.75) is 38.5 Å². The lowest BCUT2D eigenvalue weighted by atomic mass is 9.78. The quantitative estimate of drug-likeness (QED) is 0.546. The summed E-state index contributed by atoms with van der Waals surface area (Å²) in [7, 11) is 3.27. The first-order valence-electron chi connectivity index (χ1n) is 7.65.